The number of halogens is 1. The molecule has 6 nitrogen and oxygen atoms in total. The van der Waals surface area contributed by atoms with E-state index in [9.17, 15) is 4.79 Å². The van der Waals surface area contributed by atoms with E-state index in [1.165, 1.54) is 9.13 Å². The lowest BCUT2D eigenvalue weighted by molar-refractivity contribution is 0.0169. The van der Waals surface area contributed by atoms with Crippen LogP contribution >= 0.6 is 22.6 Å². The fourth-order valence-corrected chi connectivity index (χ4v) is 3.67. The van der Waals surface area contributed by atoms with Crippen molar-refractivity contribution in [3.8, 4) is 0 Å². The van der Waals surface area contributed by atoms with Gasteiger partial charge in [-0.3, -0.25) is 9.63 Å². The van der Waals surface area contributed by atoms with Crippen LogP contribution in [0.25, 0.3) is 11.0 Å². The second-order valence-corrected chi connectivity index (χ2v) is 7.25. The number of nitrogens with one attached hydrogen (secondary N) is 1. The topological polar surface area (TPSA) is 76.4 Å². The number of carbonyl (C=O) groups is 1. The van der Waals surface area contributed by atoms with Crippen molar-refractivity contribution >= 4 is 39.5 Å². The van der Waals surface area contributed by atoms with Crippen LogP contribution in [0.1, 0.15) is 27.2 Å². The molecule has 3 aromatic rings. The normalized spacial score (nSPS) is 11.1. The number of rotatable bonds is 6. The first kappa shape index (κ1) is 18.8. The van der Waals surface area contributed by atoms with Crippen LogP contribution in [0.4, 0.5) is 0 Å². The Labute approximate surface area is 165 Å². The lowest BCUT2D eigenvalue weighted by Gasteiger charge is -2.11. The van der Waals surface area contributed by atoms with Crippen LogP contribution in [0.2, 0.25) is 0 Å². The summed E-state index contributed by atoms with van der Waals surface area (Å²) in [5.74, 6) is -0.338. The van der Waals surface area contributed by atoms with Gasteiger partial charge in [-0.25, -0.2) is 10.5 Å². The van der Waals surface area contributed by atoms with E-state index in [4.69, 9.17) is 9.94 Å². The van der Waals surface area contributed by atoms with E-state index in [1.807, 2.05) is 23.7 Å². The number of fused-ring (bicyclic) bond motifs is 1. The van der Waals surface area contributed by atoms with Crippen LogP contribution in [0.15, 0.2) is 36.5 Å². The van der Waals surface area contributed by atoms with Gasteiger partial charge in [0.15, 0.2) is 0 Å². The highest BCUT2D eigenvalue weighted by atomic mass is 127. The zero-order valence-corrected chi connectivity index (χ0v) is 16.8. The number of aromatic nitrogens is 2. The van der Waals surface area contributed by atoms with Crippen LogP contribution in [0, 0.1) is 10.5 Å². The third-order valence-electron chi connectivity index (χ3n) is 4.31. The number of hydroxylamine groups is 1. The summed E-state index contributed by atoms with van der Waals surface area (Å²) in [4.78, 5) is 22.2. The first-order valence-electron chi connectivity index (χ1n) is 8.23. The van der Waals surface area contributed by atoms with Gasteiger partial charge in [-0.15, -0.1) is 0 Å². The van der Waals surface area contributed by atoms with Gasteiger partial charge in [0.2, 0.25) is 0 Å². The smallest absolute Gasteiger partial charge is 0.277 e. The lowest BCUT2D eigenvalue weighted by atomic mass is 10.0. The predicted octanol–water partition coefficient (Wildman–Crippen LogP) is 2.73. The fourth-order valence-electron chi connectivity index (χ4n) is 3.02. The SMILES string of the molecule is Cc1cc(I)ccc1Cc1c(C(=O)NOCCO)c2cccnc2n1C. The number of benzene rings is 1. The Kier molecular flexibility index (Phi) is 5.90. The minimum absolute atomic E-state index is 0.0420. The van der Waals surface area contributed by atoms with E-state index >= 15 is 0 Å². The second-order valence-electron chi connectivity index (χ2n) is 6.01. The quantitative estimate of drug-likeness (QED) is 0.334. The highest BCUT2D eigenvalue weighted by Crippen LogP contribution is 2.27. The van der Waals surface area contributed by atoms with Crippen molar-refractivity contribution in [3.05, 3.63) is 62.5 Å². The van der Waals surface area contributed by atoms with Crippen molar-refractivity contribution in [1.29, 1.82) is 0 Å². The summed E-state index contributed by atoms with van der Waals surface area (Å²) in [7, 11) is 1.91. The summed E-state index contributed by atoms with van der Waals surface area (Å²) in [6, 6.07) is 9.97. The van der Waals surface area contributed by atoms with Gasteiger partial charge in [-0.2, -0.15) is 0 Å². The predicted molar refractivity (Wildman–Crippen MR) is 108 cm³/mol. The molecular weight excluding hydrogens is 445 g/mol. The largest absolute Gasteiger partial charge is 0.394 e. The van der Waals surface area contributed by atoms with Crippen molar-refractivity contribution in [2.24, 2.45) is 7.05 Å². The van der Waals surface area contributed by atoms with Gasteiger partial charge >= 0.3 is 0 Å². The van der Waals surface area contributed by atoms with Crippen molar-refractivity contribution in [2.75, 3.05) is 13.2 Å². The third-order valence-corrected chi connectivity index (χ3v) is 4.99. The molecule has 136 valence electrons. The first-order chi connectivity index (χ1) is 12.5. The summed E-state index contributed by atoms with van der Waals surface area (Å²) >= 11 is 2.29. The average molecular weight is 465 g/mol. The summed E-state index contributed by atoms with van der Waals surface area (Å²) in [5, 5.41) is 9.61. The number of hydrogen-bond donors (Lipinski definition) is 2. The van der Waals surface area contributed by atoms with Crippen LogP contribution in [0.5, 0.6) is 0 Å². The maximum absolute atomic E-state index is 12.7. The summed E-state index contributed by atoms with van der Waals surface area (Å²) in [5.41, 5.74) is 6.91. The molecule has 0 aliphatic heterocycles. The monoisotopic (exact) mass is 465 g/mol. The molecule has 0 radical (unpaired) electrons. The molecule has 0 aliphatic rings. The highest BCUT2D eigenvalue weighted by Gasteiger charge is 2.22. The van der Waals surface area contributed by atoms with Crippen LogP contribution in [-0.2, 0) is 18.3 Å². The Morgan fingerprint density at radius 3 is 2.92 bits per heavy atom. The van der Waals surface area contributed by atoms with Crippen LogP contribution in [0.3, 0.4) is 0 Å². The van der Waals surface area contributed by atoms with Crippen LogP contribution < -0.4 is 5.48 Å². The Morgan fingerprint density at radius 1 is 1.38 bits per heavy atom. The molecule has 1 aromatic carbocycles. The molecule has 0 aliphatic carbocycles. The fraction of sp³-hybridized carbons (Fsp3) is 0.263. The van der Waals surface area contributed by atoms with E-state index in [1.54, 1.807) is 6.20 Å². The van der Waals surface area contributed by atoms with Crippen molar-refractivity contribution in [3.63, 3.8) is 0 Å². The molecule has 3 rings (SSSR count). The number of nitrogens with zero attached hydrogens (tertiary/aromatic N) is 2. The molecule has 2 heterocycles. The zero-order valence-electron chi connectivity index (χ0n) is 14.6. The molecule has 0 unspecified atom stereocenters. The number of aryl methyl sites for hydroxylation is 2. The van der Waals surface area contributed by atoms with Gasteiger partial charge in [0.05, 0.1) is 18.8 Å². The molecule has 7 heteroatoms. The Morgan fingerprint density at radius 2 is 2.19 bits per heavy atom. The third kappa shape index (κ3) is 3.74. The molecule has 0 spiro atoms. The number of pyridine rings is 1. The molecule has 0 saturated carbocycles. The number of amides is 1. The van der Waals surface area contributed by atoms with Gasteiger partial charge in [0.1, 0.15) is 5.65 Å². The standard InChI is InChI=1S/C19H20IN3O3/c1-12-10-14(20)6-5-13(12)11-16-17(19(25)22-26-9-8-24)15-4-3-7-21-18(15)23(16)2/h3-7,10,24H,8-9,11H2,1-2H3,(H,22,25). The molecular formula is C19H20IN3O3. The van der Waals surface area contributed by atoms with E-state index in [0.717, 1.165) is 22.3 Å². The van der Waals surface area contributed by atoms with Gasteiger partial charge in [-0.1, -0.05) is 6.07 Å². The van der Waals surface area contributed by atoms with E-state index in [0.29, 0.717) is 12.0 Å². The Bertz CT molecular complexity index is 953. The highest BCUT2D eigenvalue weighted by molar-refractivity contribution is 14.1. The Balaban J connectivity index is 2.06. The molecule has 0 atom stereocenters. The maximum Gasteiger partial charge on any atom is 0.277 e. The van der Waals surface area contributed by atoms with E-state index in [2.05, 4.69) is 58.2 Å². The number of carbonyl (C=O) groups excluding carboxylic acids is 1. The van der Waals surface area contributed by atoms with E-state index < -0.39 is 0 Å². The lowest BCUT2D eigenvalue weighted by Crippen LogP contribution is -2.26. The molecule has 0 bridgehead atoms. The van der Waals surface area contributed by atoms with Crippen LogP contribution in [-0.4, -0.2) is 33.8 Å². The minimum atomic E-state index is -0.338. The summed E-state index contributed by atoms with van der Waals surface area (Å²) in [6.07, 6.45) is 2.32. The molecule has 1 amide bonds. The molecule has 0 saturated heterocycles. The number of hydrogen-bond acceptors (Lipinski definition) is 4. The number of aliphatic hydroxyl groups excluding tert-OH is 1. The maximum atomic E-state index is 12.7. The first-order valence-corrected chi connectivity index (χ1v) is 9.31. The average Bonchev–Trinajstić information content (AvgIpc) is 2.90. The van der Waals surface area contributed by atoms with Crippen molar-refractivity contribution in [2.45, 2.75) is 13.3 Å². The Hall–Kier alpha value is -1.97. The molecule has 2 aromatic heterocycles. The second kappa shape index (κ2) is 8.15. The summed E-state index contributed by atoms with van der Waals surface area (Å²) < 4.78 is 3.13. The molecule has 2 N–H and O–H groups in total. The molecule has 0 fully saturated rings. The van der Waals surface area contributed by atoms with Gasteiger partial charge < -0.3 is 9.67 Å². The van der Waals surface area contributed by atoms with E-state index in [-0.39, 0.29) is 19.1 Å². The van der Waals surface area contributed by atoms with Gasteiger partial charge in [0, 0.05) is 34.3 Å². The van der Waals surface area contributed by atoms with Crippen molar-refractivity contribution in [1.82, 2.24) is 15.0 Å². The summed E-state index contributed by atoms with van der Waals surface area (Å²) in [6.45, 7) is 1.95. The number of aliphatic hydroxyl groups is 1. The van der Waals surface area contributed by atoms with Crippen molar-refractivity contribution < 1.29 is 14.7 Å². The van der Waals surface area contributed by atoms with Gasteiger partial charge in [-0.05, 0) is 64.9 Å². The minimum Gasteiger partial charge on any atom is -0.394 e. The molecule has 26 heavy (non-hydrogen) atoms. The zero-order chi connectivity index (χ0) is 18.7. The van der Waals surface area contributed by atoms with Gasteiger partial charge in [0.25, 0.3) is 5.91 Å².